The van der Waals surface area contributed by atoms with Crippen LogP contribution in [0.1, 0.15) is 12.1 Å². The van der Waals surface area contributed by atoms with Crippen molar-refractivity contribution in [1.29, 1.82) is 0 Å². The van der Waals surface area contributed by atoms with Crippen molar-refractivity contribution in [3.8, 4) is 10.6 Å². The van der Waals surface area contributed by atoms with Gasteiger partial charge in [0.05, 0.1) is 6.26 Å². The Kier molecular flexibility index (Phi) is 2.10. The van der Waals surface area contributed by atoms with Crippen molar-refractivity contribution in [3.63, 3.8) is 0 Å². The molecule has 13 heavy (non-hydrogen) atoms. The van der Waals surface area contributed by atoms with Crippen LogP contribution in [0.15, 0.2) is 28.4 Å². The van der Waals surface area contributed by atoms with Gasteiger partial charge in [0, 0.05) is 10.9 Å². The number of halogens is 2. The minimum absolute atomic E-state index is 0.179. The molecular formula is C8H5F2NOS. The fraction of sp³-hybridized carbons (Fsp3) is 0.125. The second kappa shape index (κ2) is 3.26. The molecule has 0 amide bonds. The lowest BCUT2D eigenvalue weighted by molar-refractivity contribution is 0.147. The SMILES string of the molecule is FC(F)c1csc(-c2ccoc2)n1. The van der Waals surface area contributed by atoms with Crippen molar-refractivity contribution in [1.82, 2.24) is 4.98 Å². The number of furan rings is 1. The molecule has 2 nitrogen and oxygen atoms in total. The fourth-order valence-electron chi connectivity index (χ4n) is 0.905. The molecule has 2 aromatic rings. The summed E-state index contributed by atoms with van der Waals surface area (Å²) in [5.41, 5.74) is 0.554. The van der Waals surface area contributed by atoms with E-state index in [4.69, 9.17) is 4.42 Å². The number of hydrogen-bond acceptors (Lipinski definition) is 3. The molecule has 0 spiro atoms. The topological polar surface area (TPSA) is 26.0 Å². The molecule has 0 atom stereocenters. The molecule has 0 aliphatic heterocycles. The third-order valence-electron chi connectivity index (χ3n) is 1.51. The molecule has 5 heteroatoms. The summed E-state index contributed by atoms with van der Waals surface area (Å²) in [4.78, 5) is 3.76. The van der Waals surface area contributed by atoms with E-state index in [0.717, 1.165) is 5.56 Å². The average molecular weight is 201 g/mol. The molecule has 0 N–H and O–H groups in total. The third-order valence-corrected chi connectivity index (χ3v) is 2.42. The average Bonchev–Trinajstić information content (AvgIpc) is 2.75. The summed E-state index contributed by atoms with van der Waals surface area (Å²) in [6.45, 7) is 0. The smallest absolute Gasteiger partial charge is 0.281 e. The summed E-state index contributed by atoms with van der Waals surface area (Å²) in [5, 5.41) is 1.91. The molecule has 0 unspecified atom stereocenters. The van der Waals surface area contributed by atoms with Crippen LogP contribution in [0.4, 0.5) is 8.78 Å². The van der Waals surface area contributed by atoms with Crippen molar-refractivity contribution in [2.24, 2.45) is 0 Å². The number of rotatable bonds is 2. The van der Waals surface area contributed by atoms with Gasteiger partial charge < -0.3 is 4.42 Å². The van der Waals surface area contributed by atoms with Gasteiger partial charge >= 0.3 is 0 Å². The first-order valence-corrected chi connectivity index (χ1v) is 4.41. The largest absolute Gasteiger partial charge is 0.472 e. The predicted molar refractivity (Wildman–Crippen MR) is 44.8 cm³/mol. The highest BCUT2D eigenvalue weighted by Gasteiger charge is 2.12. The van der Waals surface area contributed by atoms with E-state index in [1.165, 1.54) is 29.2 Å². The fourth-order valence-corrected chi connectivity index (χ4v) is 1.70. The van der Waals surface area contributed by atoms with Crippen LogP contribution < -0.4 is 0 Å². The Morgan fingerprint density at radius 3 is 2.85 bits per heavy atom. The standard InChI is InChI=1S/C8H5F2NOS/c9-7(10)6-4-13-8(11-6)5-1-2-12-3-5/h1-4,7H. The number of hydrogen-bond donors (Lipinski definition) is 0. The van der Waals surface area contributed by atoms with E-state index in [0.29, 0.717) is 5.01 Å². The summed E-state index contributed by atoms with van der Waals surface area (Å²) in [7, 11) is 0. The van der Waals surface area contributed by atoms with Gasteiger partial charge in [0.15, 0.2) is 0 Å². The zero-order chi connectivity index (χ0) is 9.26. The van der Waals surface area contributed by atoms with Crippen molar-refractivity contribution in [3.05, 3.63) is 29.7 Å². The van der Waals surface area contributed by atoms with Crippen LogP contribution in [-0.4, -0.2) is 4.98 Å². The minimum Gasteiger partial charge on any atom is -0.472 e. The van der Waals surface area contributed by atoms with E-state index in [1.807, 2.05) is 0 Å². The minimum atomic E-state index is -2.50. The Hall–Kier alpha value is -1.23. The molecule has 0 saturated heterocycles. The Labute approximate surface area is 76.8 Å². The molecular weight excluding hydrogens is 196 g/mol. The van der Waals surface area contributed by atoms with Crippen LogP contribution in [0.5, 0.6) is 0 Å². The van der Waals surface area contributed by atoms with Crippen molar-refractivity contribution >= 4 is 11.3 Å². The second-order valence-electron chi connectivity index (χ2n) is 2.39. The van der Waals surface area contributed by atoms with Crippen molar-refractivity contribution in [2.45, 2.75) is 6.43 Å². The van der Waals surface area contributed by atoms with Gasteiger partial charge in [-0.2, -0.15) is 0 Å². The summed E-state index contributed by atoms with van der Waals surface area (Å²) < 4.78 is 29.1. The first-order chi connectivity index (χ1) is 6.27. The van der Waals surface area contributed by atoms with Crippen LogP contribution in [0.25, 0.3) is 10.6 Å². The van der Waals surface area contributed by atoms with E-state index in [2.05, 4.69) is 4.98 Å². The van der Waals surface area contributed by atoms with Gasteiger partial charge in [-0.1, -0.05) is 0 Å². The van der Waals surface area contributed by atoms with Gasteiger partial charge in [-0.15, -0.1) is 11.3 Å². The zero-order valence-corrected chi connectivity index (χ0v) is 7.22. The Balaban J connectivity index is 2.33. The first-order valence-electron chi connectivity index (χ1n) is 3.53. The first kappa shape index (κ1) is 8.37. The van der Waals surface area contributed by atoms with E-state index in [1.54, 1.807) is 6.07 Å². The lowest BCUT2D eigenvalue weighted by Crippen LogP contribution is -1.82. The molecule has 2 rings (SSSR count). The van der Waals surface area contributed by atoms with Crippen LogP contribution in [-0.2, 0) is 0 Å². The lowest BCUT2D eigenvalue weighted by Gasteiger charge is -1.89. The van der Waals surface area contributed by atoms with Crippen LogP contribution in [0.3, 0.4) is 0 Å². The van der Waals surface area contributed by atoms with Gasteiger partial charge in [-0.3, -0.25) is 0 Å². The number of aromatic nitrogens is 1. The molecule has 2 heterocycles. The molecule has 0 radical (unpaired) electrons. The monoisotopic (exact) mass is 201 g/mol. The summed E-state index contributed by atoms with van der Waals surface area (Å²) in [6, 6.07) is 1.69. The quantitative estimate of drug-likeness (QED) is 0.744. The normalized spacial score (nSPS) is 11.0. The van der Waals surface area contributed by atoms with E-state index < -0.39 is 6.43 Å². The van der Waals surface area contributed by atoms with Crippen molar-refractivity contribution < 1.29 is 13.2 Å². The van der Waals surface area contributed by atoms with E-state index in [-0.39, 0.29) is 5.69 Å². The van der Waals surface area contributed by atoms with E-state index in [9.17, 15) is 8.78 Å². The number of alkyl halides is 2. The highest BCUT2D eigenvalue weighted by Crippen LogP contribution is 2.28. The molecule has 0 saturated carbocycles. The van der Waals surface area contributed by atoms with Crippen molar-refractivity contribution in [2.75, 3.05) is 0 Å². The third kappa shape index (κ3) is 1.60. The predicted octanol–water partition coefficient (Wildman–Crippen LogP) is 3.34. The maximum absolute atomic E-state index is 12.1. The lowest BCUT2D eigenvalue weighted by atomic mass is 10.3. The Bertz CT molecular complexity index is 383. The van der Waals surface area contributed by atoms with Crippen LogP contribution >= 0.6 is 11.3 Å². The highest BCUT2D eigenvalue weighted by atomic mass is 32.1. The number of thiazole rings is 1. The van der Waals surface area contributed by atoms with Gasteiger partial charge in [0.2, 0.25) is 0 Å². The summed E-state index contributed by atoms with van der Waals surface area (Å²) >= 11 is 1.18. The maximum Gasteiger partial charge on any atom is 0.281 e. The maximum atomic E-state index is 12.1. The molecule has 0 fully saturated rings. The Morgan fingerprint density at radius 1 is 1.46 bits per heavy atom. The Morgan fingerprint density at radius 2 is 2.31 bits per heavy atom. The van der Waals surface area contributed by atoms with Gasteiger partial charge in [0.25, 0.3) is 6.43 Å². The summed E-state index contributed by atoms with van der Waals surface area (Å²) in [6.07, 6.45) is 0.462. The van der Waals surface area contributed by atoms with E-state index >= 15 is 0 Å². The molecule has 2 aromatic heterocycles. The number of nitrogens with zero attached hydrogens (tertiary/aromatic N) is 1. The highest BCUT2D eigenvalue weighted by molar-refractivity contribution is 7.13. The van der Waals surface area contributed by atoms with Crippen LogP contribution in [0.2, 0.25) is 0 Å². The molecule has 0 bridgehead atoms. The molecule has 0 aromatic carbocycles. The zero-order valence-electron chi connectivity index (χ0n) is 6.41. The van der Waals surface area contributed by atoms with Gasteiger partial charge in [0.1, 0.15) is 17.0 Å². The second-order valence-corrected chi connectivity index (χ2v) is 3.25. The molecule has 0 aliphatic rings. The molecule has 68 valence electrons. The summed E-state index contributed by atoms with van der Waals surface area (Å²) in [5.74, 6) is 0. The molecule has 0 aliphatic carbocycles. The van der Waals surface area contributed by atoms with Gasteiger partial charge in [-0.05, 0) is 6.07 Å². The van der Waals surface area contributed by atoms with Gasteiger partial charge in [-0.25, -0.2) is 13.8 Å². The van der Waals surface area contributed by atoms with Crippen LogP contribution in [0, 0.1) is 0 Å².